The predicted molar refractivity (Wildman–Crippen MR) is 127 cm³/mol. The van der Waals surface area contributed by atoms with Gasteiger partial charge in [-0.2, -0.15) is 0 Å². The lowest BCUT2D eigenvalue weighted by Gasteiger charge is -2.23. The van der Waals surface area contributed by atoms with E-state index < -0.39 is 17.7 Å². The first-order valence-corrected chi connectivity index (χ1v) is 10.9. The summed E-state index contributed by atoms with van der Waals surface area (Å²) < 4.78 is 5.35. The van der Waals surface area contributed by atoms with Crippen molar-refractivity contribution in [2.75, 3.05) is 5.32 Å². The lowest BCUT2D eigenvalue weighted by atomic mass is 10.00. The van der Waals surface area contributed by atoms with Crippen molar-refractivity contribution < 1.29 is 19.1 Å². The smallest absolute Gasteiger partial charge is 0.408 e. The zero-order valence-corrected chi connectivity index (χ0v) is 18.9. The zero-order chi connectivity index (χ0) is 23.6. The largest absolute Gasteiger partial charge is 0.444 e. The molecule has 33 heavy (non-hydrogen) atoms. The Balaban J connectivity index is 1.52. The fraction of sp³-hybridized carbons (Fsp3) is 0.269. The van der Waals surface area contributed by atoms with Gasteiger partial charge in [-0.1, -0.05) is 48.5 Å². The maximum absolute atomic E-state index is 13.1. The van der Waals surface area contributed by atoms with E-state index in [0.29, 0.717) is 12.0 Å². The Morgan fingerprint density at radius 3 is 2.48 bits per heavy atom. The van der Waals surface area contributed by atoms with Crippen molar-refractivity contribution in [3.05, 3.63) is 77.4 Å². The fourth-order valence-electron chi connectivity index (χ4n) is 3.92. The number of carbonyl (C=O) groups excluding carboxylic acids is 3. The summed E-state index contributed by atoms with van der Waals surface area (Å²) in [5.74, 6) is -0.441. The SMILES string of the molecule is CC(C)(C)OC(=O)N[C@@H](Cc1ccccc1)C(=O)NCc1ccc2c3c(cccc13)C(=O)N2. The Morgan fingerprint density at radius 2 is 1.76 bits per heavy atom. The molecule has 3 amide bonds. The number of alkyl carbamates (subject to hydrolysis) is 1. The molecule has 0 radical (unpaired) electrons. The van der Waals surface area contributed by atoms with E-state index in [1.807, 2.05) is 54.6 Å². The Bertz CT molecular complexity index is 1220. The molecule has 0 saturated heterocycles. The van der Waals surface area contributed by atoms with Crippen molar-refractivity contribution in [2.24, 2.45) is 0 Å². The molecule has 1 heterocycles. The summed E-state index contributed by atoms with van der Waals surface area (Å²) in [7, 11) is 0. The molecule has 0 bridgehead atoms. The molecule has 0 aromatic heterocycles. The number of hydrogen-bond acceptors (Lipinski definition) is 4. The van der Waals surface area contributed by atoms with E-state index in [0.717, 1.165) is 27.6 Å². The molecular weight excluding hydrogens is 418 g/mol. The molecule has 0 saturated carbocycles. The normalized spacial score (nSPS) is 13.4. The van der Waals surface area contributed by atoms with Gasteiger partial charge >= 0.3 is 6.09 Å². The second-order valence-electron chi connectivity index (χ2n) is 9.06. The Kier molecular flexibility index (Phi) is 6.05. The average molecular weight is 446 g/mol. The number of rotatable bonds is 6. The Labute approximate surface area is 192 Å². The van der Waals surface area contributed by atoms with E-state index in [4.69, 9.17) is 4.74 Å². The van der Waals surface area contributed by atoms with Gasteiger partial charge in [0.15, 0.2) is 0 Å². The minimum absolute atomic E-state index is 0.124. The highest BCUT2D eigenvalue weighted by molar-refractivity contribution is 6.24. The Morgan fingerprint density at radius 1 is 1.00 bits per heavy atom. The van der Waals surface area contributed by atoms with E-state index in [-0.39, 0.29) is 18.4 Å². The van der Waals surface area contributed by atoms with Gasteiger partial charge in [0.2, 0.25) is 5.91 Å². The first kappa shape index (κ1) is 22.3. The third kappa shape index (κ3) is 5.14. The molecule has 170 valence electrons. The first-order chi connectivity index (χ1) is 15.7. The minimum Gasteiger partial charge on any atom is -0.444 e. The predicted octanol–water partition coefficient (Wildman–Crippen LogP) is 4.16. The molecule has 3 aromatic carbocycles. The van der Waals surface area contributed by atoms with Gasteiger partial charge in [0.25, 0.3) is 5.91 Å². The van der Waals surface area contributed by atoms with E-state index in [9.17, 15) is 14.4 Å². The monoisotopic (exact) mass is 445 g/mol. The van der Waals surface area contributed by atoms with Crippen LogP contribution < -0.4 is 16.0 Å². The molecule has 4 rings (SSSR count). The van der Waals surface area contributed by atoms with Crippen LogP contribution in [0.25, 0.3) is 10.8 Å². The first-order valence-electron chi connectivity index (χ1n) is 10.9. The maximum atomic E-state index is 13.1. The summed E-state index contributed by atoms with van der Waals surface area (Å²) in [5, 5.41) is 10.3. The van der Waals surface area contributed by atoms with E-state index in [1.54, 1.807) is 26.8 Å². The molecule has 1 atom stereocenters. The topological polar surface area (TPSA) is 96.5 Å². The molecule has 7 nitrogen and oxygen atoms in total. The molecule has 7 heteroatoms. The highest BCUT2D eigenvalue weighted by Gasteiger charge is 2.26. The van der Waals surface area contributed by atoms with Crippen molar-refractivity contribution in [1.82, 2.24) is 10.6 Å². The second kappa shape index (κ2) is 8.94. The van der Waals surface area contributed by atoms with Crippen LogP contribution in [0, 0.1) is 0 Å². The summed E-state index contributed by atoms with van der Waals surface area (Å²) in [4.78, 5) is 37.6. The average Bonchev–Trinajstić information content (AvgIpc) is 3.09. The third-order valence-corrected chi connectivity index (χ3v) is 5.37. The summed E-state index contributed by atoms with van der Waals surface area (Å²) in [5.41, 5.74) is 2.53. The van der Waals surface area contributed by atoms with E-state index >= 15 is 0 Å². The summed E-state index contributed by atoms with van der Waals surface area (Å²) in [6, 6.07) is 18.0. The number of ether oxygens (including phenoxy) is 1. The van der Waals surface area contributed by atoms with Gasteiger partial charge in [-0.25, -0.2) is 4.79 Å². The van der Waals surface area contributed by atoms with Crippen LogP contribution in [0.15, 0.2) is 60.7 Å². The van der Waals surface area contributed by atoms with Gasteiger partial charge in [-0.15, -0.1) is 0 Å². The van der Waals surface area contributed by atoms with Crippen LogP contribution in [0.3, 0.4) is 0 Å². The quantitative estimate of drug-likeness (QED) is 0.531. The van der Waals surface area contributed by atoms with Gasteiger partial charge in [0, 0.05) is 29.6 Å². The van der Waals surface area contributed by atoms with Crippen molar-refractivity contribution >= 4 is 34.4 Å². The van der Waals surface area contributed by atoms with Gasteiger partial charge in [0.1, 0.15) is 11.6 Å². The molecular formula is C26H27N3O4. The second-order valence-corrected chi connectivity index (χ2v) is 9.06. The van der Waals surface area contributed by atoms with Gasteiger partial charge < -0.3 is 20.7 Å². The molecule has 0 spiro atoms. The fourth-order valence-corrected chi connectivity index (χ4v) is 3.92. The molecule has 0 fully saturated rings. The van der Waals surface area contributed by atoms with E-state index in [2.05, 4.69) is 16.0 Å². The number of benzene rings is 3. The van der Waals surface area contributed by atoms with Gasteiger partial charge in [-0.05, 0) is 49.4 Å². The van der Waals surface area contributed by atoms with E-state index in [1.165, 1.54) is 0 Å². The number of anilines is 1. The number of hydrogen-bond donors (Lipinski definition) is 3. The van der Waals surface area contributed by atoms with Crippen molar-refractivity contribution in [3.63, 3.8) is 0 Å². The molecule has 1 aliphatic rings. The van der Waals surface area contributed by atoms with Gasteiger partial charge in [0.05, 0.1) is 0 Å². The van der Waals surface area contributed by atoms with Crippen LogP contribution in [-0.2, 0) is 22.5 Å². The summed E-state index contributed by atoms with van der Waals surface area (Å²) >= 11 is 0. The molecule has 0 unspecified atom stereocenters. The van der Waals surface area contributed by atoms with Crippen LogP contribution >= 0.6 is 0 Å². The molecule has 3 aromatic rings. The van der Waals surface area contributed by atoms with Crippen molar-refractivity contribution in [1.29, 1.82) is 0 Å². The number of nitrogens with one attached hydrogen (secondary N) is 3. The number of carbonyl (C=O) groups is 3. The zero-order valence-electron chi connectivity index (χ0n) is 18.9. The number of amides is 3. The van der Waals surface area contributed by atoms with Crippen LogP contribution in [0.5, 0.6) is 0 Å². The summed E-state index contributed by atoms with van der Waals surface area (Å²) in [6.07, 6.45) is -0.317. The lowest BCUT2D eigenvalue weighted by molar-refractivity contribution is -0.123. The van der Waals surface area contributed by atoms with Crippen molar-refractivity contribution in [2.45, 2.75) is 45.4 Å². The highest BCUT2D eigenvalue weighted by atomic mass is 16.6. The van der Waals surface area contributed by atoms with Crippen LogP contribution in [0.2, 0.25) is 0 Å². The Hall–Kier alpha value is -3.87. The van der Waals surface area contributed by atoms with Crippen LogP contribution in [0.1, 0.15) is 42.3 Å². The van der Waals surface area contributed by atoms with Gasteiger partial charge in [-0.3, -0.25) is 9.59 Å². The van der Waals surface area contributed by atoms with Crippen molar-refractivity contribution in [3.8, 4) is 0 Å². The van der Waals surface area contributed by atoms with Crippen LogP contribution in [0.4, 0.5) is 10.5 Å². The molecule has 0 aliphatic carbocycles. The summed E-state index contributed by atoms with van der Waals surface area (Å²) in [6.45, 7) is 5.57. The minimum atomic E-state index is -0.803. The maximum Gasteiger partial charge on any atom is 0.408 e. The van der Waals surface area contributed by atoms with Crippen LogP contribution in [-0.4, -0.2) is 29.6 Å². The lowest BCUT2D eigenvalue weighted by Crippen LogP contribution is -2.49. The highest BCUT2D eigenvalue weighted by Crippen LogP contribution is 2.34. The molecule has 1 aliphatic heterocycles. The molecule has 3 N–H and O–H groups in total. The standard InChI is InChI=1S/C26H27N3O4/c1-26(2,3)33-25(32)29-21(14-16-8-5-4-6-9-16)24(31)27-15-17-12-13-20-22-18(17)10-7-11-19(22)23(30)28-20/h4-13,21H,14-15H2,1-3H3,(H,27,31)(H,28,30)(H,29,32)/t21-/m0/s1. The third-order valence-electron chi connectivity index (χ3n) is 5.37.